The van der Waals surface area contributed by atoms with Gasteiger partial charge in [0.15, 0.2) is 5.60 Å². The first-order valence-electron chi connectivity index (χ1n) is 9.40. The molecule has 1 saturated heterocycles. The van der Waals surface area contributed by atoms with E-state index in [0.717, 1.165) is 30.5 Å². The van der Waals surface area contributed by atoms with Gasteiger partial charge in [0, 0.05) is 38.3 Å². The van der Waals surface area contributed by atoms with Gasteiger partial charge in [-0.05, 0) is 29.7 Å². The van der Waals surface area contributed by atoms with E-state index in [4.69, 9.17) is 4.84 Å². The van der Waals surface area contributed by atoms with Gasteiger partial charge in [-0.15, -0.1) is 0 Å². The number of hydrogen-bond donors (Lipinski definition) is 1. The lowest BCUT2D eigenvalue weighted by Gasteiger charge is -2.21. The third-order valence-corrected chi connectivity index (χ3v) is 5.17. The third kappa shape index (κ3) is 3.81. The largest absolute Gasteiger partial charge is 0.386 e. The maximum absolute atomic E-state index is 13.0. The minimum absolute atomic E-state index is 0.261. The Bertz CT molecular complexity index is 884. The van der Waals surface area contributed by atoms with Gasteiger partial charge >= 0.3 is 0 Å². The molecule has 1 aromatic heterocycles. The Balaban J connectivity index is 1.32. The smallest absolute Gasteiger partial charge is 0.269 e. The fraction of sp³-hybridized carbons (Fsp3) is 0.400. The van der Waals surface area contributed by atoms with Crippen LogP contribution in [-0.2, 0) is 22.6 Å². The average molecular weight is 383 g/mol. The normalized spacial score (nSPS) is 20.9. The van der Waals surface area contributed by atoms with Crippen molar-refractivity contribution in [2.45, 2.75) is 38.3 Å². The van der Waals surface area contributed by atoms with Gasteiger partial charge in [-0.3, -0.25) is 4.79 Å². The Morgan fingerprint density at radius 2 is 2.00 bits per heavy atom. The number of carbonyl (C=O) groups excluding carboxylic acids is 1. The second kappa shape index (κ2) is 7.53. The summed E-state index contributed by atoms with van der Waals surface area (Å²) in [6.07, 6.45) is 5.79. The maximum atomic E-state index is 13.0. The monoisotopic (exact) mass is 383 g/mol. The number of carbonyl (C=O) groups is 1. The molecule has 0 saturated carbocycles. The van der Waals surface area contributed by atoms with Gasteiger partial charge in [0.1, 0.15) is 11.5 Å². The van der Waals surface area contributed by atoms with E-state index in [0.29, 0.717) is 31.2 Å². The van der Waals surface area contributed by atoms with Crippen LogP contribution in [0.5, 0.6) is 0 Å². The molecule has 0 bridgehead atoms. The van der Waals surface area contributed by atoms with Crippen molar-refractivity contribution in [2.75, 3.05) is 18.0 Å². The molecule has 1 fully saturated rings. The number of aromatic nitrogens is 2. The molecule has 2 aliphatic rings. The fourth-order valence-corrected chi connectivity index (χ4v) is 3.46. The zero-order chi connectivity index (χ0) is 19.6. The molecule has 3 heterocycles. The first kappa shape index (κ1) is 18.3. The quantitative estimate of drug-likeness (QED) is 0.856. The van der Waals surface area contributed by atoms with E-state index in [1.54, 1.807) is 12.1 Å². The molecule has 8 heteroatoms. The number of halogens is 1. The van der Waals surface area contributed by atoms with E-state index in [-0.39, 0.29) is 11.7 Å². The molecule has 2 aliphatic heterocycles. The molecule has 28 heavy (non-hydrogen) atoms. The number of oxime groups is 1. The Morgan fingerprint density at radius 1 is 1.25 bits per heavy atom. The van der Waals surface area contributed by atoms with Crippen LogP contribution in [0.15, 0.2) is 41.8 Å². The Labute approximate surface area is 162 Å². The van der Waals surface area contributed by atoms with Crippen molar-refractivity contribution in [3.05, 3.63) is 53.6 Å². The molecule has 1 spiro atoms. The van der Waals surface area contributed by atoms with Crippen molar-refractivity contribution in [1.82, 2.24) is 15.3 Å². The minimum atomic E-state index is -0.505. The number of benzene rings is 1. The summed E-state index contributed by atoms with van der Waals surface area (Å²) in [7, 11) is 0. The molecule has 1 aromatic carbocycles. The van der Waals surface area contributed by atoms with Gasteiger partial charge in [-0.1, -0.05) is 24.2 Å². The van der Waals surface area contributed by atoms with E-state index in [9.17, 15) is 9.18 Å². The molecule has 146 valence electrons. The average Bonchev–Trinajstić information content (AvgIpc) is 3.34. The van der Waals surface area contributed by atoms with Gasteiger partial charge in [0.2, 0.25) is 5.95 Å². The predicted octanol–water partition coefficient (Wildman–Crippen LogP) is 2.22. The molecular weight excluding hydrogens is 361 g/mol. The molecule has 0 unspecified atom stereocenters. The number of aryl methyl sites for hydroxylation is 1. The summed E-state index contributed by atoms with van der Waals surface area (Å²) in [6, 6.07) is 6.02. The minimum Gasteiger partial charge on any atom is -0.386 e. The number of rotatable bonds is 5. The Hall–Kier alpha value is -3.03. The fourth-order valence-electron chi connectivity index (χ4n) is 3.46. The van der Waals surface area contributed by atoms with Crippen molar-refractivity contribution in [3.63, 3.8) is 0 Å². The standard InChI is InChI=1S/C20H22FN5O2/c1-2-14-10-23-19(24-11-14)26-8-7-20(13-26)9-17(25-28-20)18(27)22-12-15-3-5-16(21)6-4-15/h3-6,10-11H,2,7-9,12-13H2,1H3,(H,22,27)/t20-/m0/s1. The molecule has 7 nitrogen and oxygen atoms in total. The van der Waals surface area contributed by atoms with Gasteiger partial charge in [-0.25, -0.2) is 14.4 Å². The van der Waals surface area contributed by atoms with Crippen LogP contribution >= 0.6 is 0 Å². The molecule has 2 aromatic rings. The molecule has 4 rings (SSSR count). The summed E-state index contributed by atoms with van der Waals surface area (Å²) in [5, 5.41) is 6.84. The van der Waals surface area contributed by atoms with Crippen LogP contribution in [-0.4, -0.2) is 40.3 Å². The molecule has 1 atom stereocenters. The van der Waals surface area contributed by atoms with Crippen LogP contribution < -0.4 is 10.2 Å². The summed E-state index contributed by atoms with van der Waals surface area (Å²) >= 11 is 0. The molecule has 1 N–H and O–H groups in total. The lowest BCUT2D eigenvalue weighted by molar-refractivity contribution is -0.115. The first-order valence-corrected chi connectivity index (χ1v) is 9.40. The zero-order valence-corrected chi connectivity index (χ0v) is 15.7. The summed E-state index contributed by atoms with van der Waals surface area (Å²) < 4.78 is 13.0. The van der Waals surface area contributed by atoms with E-state index >= 15 is 0 Å². The molecular formula is C20H22FN5O2. The number of anilines is 1. The van der Waals surface area contributed by atoms with Gasteiger partial charge in [-0.2, -0.15) is 0 Å². The molecule has 1 amide bonds. The van der Waals surface area contributed by atoms with Crippen LogP contribution in [0.3, 0.4) is 0 Å². The Morgan fingerprint density at radius 3 is 2.71 bits per heavy atom. The van der Waals surface area contributed by atoms with E-state index < -0.39 is 5.60 Å². The third-order valence-electron chi connectivity index (χ3n) is 5.17. The lowest BCUT2D eigenvalue weighted by atomic mass is 9.96. The highest BCUT2D eigenvalue weighted by Crippen LogP contribution is 2.35. The summed E-state index contributed by atoms with van der Waals surface area (Å²) in [5.41, 5.74) is 1.79. The topological polar surface area (TPSA) is 79.7 Å². The first-order chi connectivity index (χ1) is 13.6. The van der Waals surface area contributed by atoms with Gasteiger partial charge in [0.05, 0.1) is 6.54 Å². The highest BCUT2D eigenvalue weighted by atomic mass is 19.1. The van der Waals surface area contributed by atoms with Crippen LogP contribution in [0.4, 0.5) is 10.3 Å². The highest BCUT2D eigenvalue weighted by Gasteiger charge is 2.47. The predicted molar refractivity (Wildman–Crippen MR) is 102 cm³/mol. The van der Waals surface area contributed by atoms with Gasteiger partial charge in [0.25, 0.3) is 5.91 Å². The van der Waals surface area contributed by atoms with Crippen molar-refractivity contribution in [1.29, 1.82) is 0 Å². The highest BCUT2D eigenvalue weighted by molar-refractivity contribution is 6.39. The van der Waals surface area contributed by atoms with Gasteiger partial charge < -0.3 is 15.1 Å². The van der Waals surface area contributed by atoms with E-state index in [1.807, 2.05) is 12.4 Å². The SMILES string of the molecule is CCc1cnc(N2CC[C@]3(CC(C(=O)NCc4ccc(F)cc4)=NO3)C2)nc1. The zero-order valence-electron chi connectivity index (χ0n) is 15.7. The lowest BCUT2D eigenvalue weighted by Crippen LogP contribution is -2.37. The van der Waals surface area contributed by atoms with Crippen molar-refractivity contribution in [2.24, 2.45) is 5.16 Å². The maximum Gasteiger partial charge on any atom is 0.269 e. The van der Waals surface area contributed by atoms with Crippen LogP contribution in [0, 0.1) is 5.82 Å². The van der Waals surface area contributed by atoms with E-state index in [1.165, 1.54) is 12.1 Å². The van der Waals surface area contributed by atoms with Crippen LogP contribution in [0.1, 0.15) is 30.9 Å². The second-order valence-corrected chi connectivity index (χ2v) is 7.21. The summed E-state index contributed by atoms with van der Waals surface area (Å²) in [4.78, 5) is 29.0. The van der Waals surface area contributed by atoms with Crippen molar-refractivity contribution < 1.29 is 14.0 Å². The van der Waals surface area contributed by atoms with E-state index in [2.05, 4.69) is 32.3 Å². The molecule has 0 aliphatic carbocycles. The van der Waals surface area contributed by atoms with Crippen LogP contribution in [0.25, 0.3) is 0 Å². The van der Waals surface area contributed by atoms with Crippen molar-refractivity contribution >= 4 is 17.6 Å². The Kier molecular flexibility index (Phi) is 4.93. The van der Waals surface area contributed by atoms with Crippen molar-refractivity contribution in [3.8, 4) is 0 Å². The summed E-state index contributed by atoms with van der Waals surface area (Å²) in [6.45, 7) is 3.73. The van der Waals surface area contributed by atoms with Crippen LogP contribution in [0.2, 0.25) is 0 Å². The number of nitrogens with one attached hydrogen (secondary N) is 1. The second-order valence-electron chi connectivity index (χ2n) is 7.21. The number of hydrogen-bond acceptors (Lipinski definition) is 6. The summed E-state index contributed by atoms with van der Waals surface area (Å²) in [5.74, 6) is 0.111. The number of nitrogens with zero attached hydrogens (tertiary/aromatic N) is 4. The molecule has 0 radical (unpaired) electrons. The number of amides is 1.